The fourth-order valence-corrected chi connectivity index (χ4v) is 1.83. The van der Waals surface area contributed by atoms with Crippen molar-refractivity contribution >= 4 is 12.2 Å². The Morgan fingerprint density at radius 1 is 0.905 bits per heavy atom. The highest BCUT2D eigenvalue weighted by atomic mass is 19.1. The lowest BCUT2D eigenvalue weighted by Gasteiger charge is -1.95. The standard InChI is InChI=1S/C16H10F2N2O/c17-13-8-12(9-14(18)10-13)16-19-15(21-20-16)7-6-11-4-2-1-3-5-11/h1-10H/b7-6+. The third-order valence-electron chi connectivity index (χ3n) is 2.78. The topological polar surface area (TPSA) is 38.9 Å². The summed E-state index contributed by atoms with van der Waals surface area (Å²) in [7, 11) is 0. The Morgan fingerprint density at radius 2 is 1.62 bits per heavy atom. The smallest absolute Gasteiger partial charge is 0.250 e. The van der Waals surface area contributed by atoms with E-state index in [0.717, 1.165) is 23.8 Å². The van der Waals surface area contributed by atoms with Crippen LogP contribution >= 0.6 is 0 Å². The summed E-state index contributed by atoms with van der Waals surface area (Å²) in [4.78, 5) is 4.08. The molecule has 0 atom stereocenters. The van der Waals surface area contributed by atoms with Gasteiger partial charge in [0.05, 0.1) is 0 Å². The molecule has 3 nitrogen and oxygen atoms in total. The van der Waals surface area contributed by atoms with E-state index in [1.165, 1.54) is 0 Å². The molecule has 0 saturated heterocycles. The van der Waals surface area contributed by atoms with E-state index in [-0.39, 0.29) is 17.3 Å². The van der Waals surface area contributed by atoms with Gasteiger partial charge in [0.25, 0.3) is 5.89 Å². The molecule has 3 rings (SSSR count). The molecule has 3 aromatic rings. The van der Waals surface area contributed by atoms with Gasteiger partial charge in [0.15, 0.2) is 0 Å². The number of halogens is 2. The molecule has 0 aliphatic heterocycles. The second-order valence-electron chi connectivity index (χ2n) is 4.36. The summed E-state index contributed by atoms with van der Waals surface area (Å²) in [6.45, 7) is 0. The third-order valence-corrected chi connectivity index (χ3v) is 2.78. The predicted octanol–water partition coefficient (Wildman–Crippen LogP) is 4.19. The van der Waals surface area contributed by atoms with Crippen LogP contribution in [0.1, 0.15) is 11.5 Å². The predicted molar refractivity (Wildman–Crippen MR) is 75.0 cm³/mol. The van der Waals surface area contributed by atoms with Crippen LogP contribution in [-0.4, -0.2) is 10.1 Å². The summed E-state index contributed by atoms with van der Waals surface area (Å²) >= 11 is 0. The van der Waals surface area contributed by atoms with Crippen molar-refractivity contribution in [1.82, 2.24) is 10.1 Å². The number of benzene rings is 2. The number of nitrogens with zero attached hydrogens (tertiary/aromatic N) is 2. The van der Waals surface area contributed by atoms with Crippen LogP contribution in [0.2, 0.25) is 0 Å². The Kier molecular flexibility index (Phi) is 3.55. The van der Waals surface area contributed by atoms with E-state index in [4.69, 9.17) is 4.52 Å². The molecular formula is C16H10F2N2O. The van der Waals surface area contributed by atoms with Crippen molar-refractivity contribution in [2.24, 2.45) is 0 Å². The van der Waals surface area contributed by atoms with Crippen LogP contribution in [0.15, 0.2) is 53.1 Å². The second-order valence-corrected chi connectivity index (χ2v) is 4.36. The largest absolute Gasteiger partial charge is 0.334 e. The summed E-state index contributed by atoms with van der Waals surface area (Å²) in [6.07, 6.45) is 3.45. The monoisotopic (exact) mass is 284 g/mol. The SMILES string of the molecule is Fc1cc(F)cc(-c2noc(/C=C/c3ccccc3)n2)c1. The minimum Gasteiger partial charge on any atom is -0.334 e. The second kappa shape index (κ2) is 5.66. The maximum Gasteiger partial charge on any atom is 0.250 e. The first kappa shape index (κ1) is 13.2. The highest BCUT2D eigenvalue weighted by Gasteiger charge is 2.09. The zero-order valence-corrected chi connectivity index (χ0v) is 10.8. The van der Waals surface area contributed by atoms with Crippen molar-refractivity contribution < 1.29 is 13.3 Å². The first-order valence-corrected chi connectivity index (χ1v) is 6.24. The molecule has 0 saturated carbocycles. The molecule has 21 heavy (non-hydrogen) atoms. The zero-order chi connectivity index (χ0) is 14.7. The van der Waals surface area contributed by atoms with E-state index in [1.54, 1.807) is 6.08 Å². The van der Waals surface area contributed by atoms with Crippen molar-refractivity contribution in [2.45, 2.75) is 0 Å². The molecule has 104 valence electrons. The summed E-state index contributed by atoms with van der Waals surface area (Å²) in [5, 5.41) is 3.71. The number of hydrogen-bond acceptors (Lipinski definition) is 3. The van der Waals surface area contributed by atoms with Crippen molar-refractivity contribution in [1.29, 1.82) is 0 Å². The Labute approximate surface area is 119 Å². The van der Waals surface area contributed by atoms with Gasteiger partial charge in [0.1, 0.15) is 11.6 Å². The van der Waals surface area contributed by atoms with Crippen LogP contribution in [0, 0.1) is 11.6 Å². The van der Waals surface area contributed by atoms with Crippen LogP contribution in [0.3, 0.4) is 0 Å². The maximum atomic E-state index is 13.1. The van der Waals surface area contributed by atoms with E-state index >= 15 is 0 Å². The molecule has 0 N–H and O–H groups in total. The Bertz CT molecular complexity index is 762. The van der Waals surface area contributed by atoms with E-state index in [0.29, 0.717) is 0 Å². The van der Waals surface area contributed by atoms with Crippen LogP contribution in [0.25, 0.3) is 23.5 Å². The van der Waals surface area contributed by atoms with Gasteiger partial charge >= 0.3 is 0 Å². The van der Waals surface area contributed by atoms with Gasteiger partial charge in [0.2, 0.25) is 5.82 Å². The molecular weight excluding hydrogens is 274 g/mol. The molecule has 0 amide bonds. The molecule has 2 aromatic carbocycles. The molecule has 0 aliphatic rings. The van der Waals surface area contributed by atoms with Crippen LogP contribution in [0.4, 0.5) is 8.78 Å². The first-order valence-electron chi connectivity index (χ1n) is 6.24. The lowest BCUT2D eigenvalue weighted by molar-refractivity contribution is 0.411. The van der Waals surface area contributed by atoms with Crippen LogP contribution < -0.4 is 0 Å². The van der Waals surface area contributed by atoms with E-state index in [1.807, 2.05) is 36.4 Å². The van der Waals surface area contributed by atoms with Gasteiger partial charge in [-0.05, 0) is 23.8 Å². The van der Waals surface area contributed by atoms with E-state index < -0.39 is 11.6 Å². The summed E-state index contributed by atoms with van der Waals surface area (Å²) in [5.74, 6) is -0.966. The number of aromatic nitrogens is 2. The van der Waals surface area contributed by atoms with Crippen molar-refractivity contribution in [3.63, 3.8) is 0 Å². The van der Waals surface area contributed by atoms with Gasteiger partial charge < -0.3 is 4.52 Å². The van der Waals surface area contributed by atoms with Gasteiger partial charge in [-0.15, -0.1) is 0 Å². The minimum absolute atomic E-state index is 0.140. The molecule has 5 heteroatoms. The lowest BCUT2D eigenvalue weighted by Crippen LogP contribution is -1.85. The summed E-state index contributed by atoms with van der Waals surface area (Å²) < 4.78 is 31.3. The average molecular weight is 284 g/mol. The molecule has 1 heterocycles. The Morgan fingerprint density at radius 3 is 2.33 bits per heavy atom. The summed E-state index contributed by atoms with van der Waals surface area (Å²) in [5.41, 5.74) is 1.21. The Hall–Kier alpha value is -2.82. The van der Waals surface area contributed by atoms with Gasteiger partial charge in [-0.3, -0.25) is 0 Å². The normalized spacial score (nSPS) is 11.1. The molecule has 0 fully saturated rings. The molecule has 1 aromatic heterocycles. The molecule has 0 bridgehead atoms. The van der Waals surface area contributed by atoms with Crippen molar-refractivity contribution in [3.05, 3.63) is 71.6 Å². The fourth-order valence-electron chi connectivity index (χ4n) is 1.83. The zero-order valence-electron chi connectivity index (χ0n) is 10.8. The fraction of sp³-hybridized carbons (Fsp3) is 0. The molecule has 0 radical (unpaired) electrons. The van der Waals surface area contributed by atoms with Gasteiger partial charge in [-0.1, -0.05) is 35.5 Å². The lowest BCUT2D eigenvalue weighted by atomic mass is 10.2. The third kappa shape index (κ3) is 3.20. The van der Waals surface area contributed by atoms with Gasteiger partial charge in [-0.25, -0.2) is 8.78 Å². The summed E-state index contributed by atoms with van der Waals surface area (Å²) in [6, 6.07) is 12.7. The Balaban J connectivity index is 1.85. The highest BCUT2D eigenvalue weighted by Crippen LogP contribution is 2.19. The van der Waals surface area contributed by atoms with Crippen LogP contribution in [0.5, 0.6) is 0 Å². The van der Waals surface area contributed by atoms with E-state index in [2.05, 4.69) is 10.1 Å². The van der Waals surface area contributed by atoms with Gasteiger partial charge in [-0.2, -0.15) is 4.98 Å². The molecule has 0 aliphatic carbocycles. The molecule has 0 spiro atoms. The van der Waals surface area contributed by atoms with Gasteiger partial charge in [0, 0.05) is 17.7 Å². The minimum atomic E-state index is -0.684. The van der Waals surface area contributed by atoms with Crippen molar-refractivity contribution in [3.8, 4) is 11.4 Å². The quantitative estimate of drug-likeness (QED) is 0.724. The van der Waals surface area contributed by atoms with E-state index in [9.17, 15) is 8.78 Å². The highest BCUT2D eigenvalue weighted by molar-refractivity contribution is 5.66. The van der Waals surface area contributed by atoms with Crippen LogP contribution in [-0.2, 0) is 0 Å². The molecule has 0 unspecified atom stereocenters. The van der Waals surface area contributed by atoms with Crippen molar-refractivity contribution in [2.75, 3.05) is 0 Å². The first-order chi connectivity index (χ1) is 10.2. The number of rotatable bonds is 3. The number of hydrogen-bond donors (Lipinski definition) is 0. The average Bonchev–Trinajstić information content (AvgIpc) is 2.94. The maximum absolute atomic E-state index is 13.1.